The van der Waals surface area contributed by atoms with Crippen LogP contribution in [0.3, 0.4) is 0 Å². The number of hydrogen-bond donors (Lipinski definition) is 1. The summed E-state index contributed by atoms with van der Waals surface area (Å²) in [7, 11) is 0. The molecule has 0 aromatic heterocycles. The molecule has 0 aliphatic heterocycles. The van der Waals surface area contributed by atoms with Gasteiger partial charge in [-0.3, -0.25) is 4.99 Å². The molecular formula is C43H61BNO-. The topological polar surface area (TPSA) is 32.6 Å². The van der Waals surface area contributed by atoms with Gasteiger partial charge in [0.25, 0.3) is 0 Å². The summed E-state index contributed by atoms with van der Waals surface area (Å²) in [5.41, 5.74) is 11.6. The van der Waals surface area contributed by atoms with Crippen molar-refractivity contribution in [1.82, 2.24) is 0 Å². The number of para-hydroxylation sites is 1. The highest BCUT2D eigenvalue weighted by Gasteiger charge is 2.38. The van der Waals surface area contributed by atoms with E-state index in [1.54, 1.807) is 0 Å². The van der Waals surface area contributed by atoms with E-state index < -0.39 is 6.35 Å². The van der Waals surface area contributed by atoms with Crippen molar-refractivity contribution in [2.24, 2.45) is 4.99 Å². The number of benzene rings is 3. The average molecular weight is 619 g/mol. The molecular weight excluding hydrogens is 557 g/mol. The van der Waals surface area contributed by atoms with Crippen LogP contribution in [0, 0.1) is 0 Å². The van der Waals surface area contributed by atoms with Gasteiger partial charge >= 0.3 is 0 Å². The van der Waals surface area contributed by atoms with Crippen LogP contribution in [0.4, 0.5) is 5.69 Å². The Bertz CT molecular complexity index is 1330. The predicted octanol–water partition coefficient (Wildman–Crippen LogP) is 13.4. The number of hydrogen-bond acceptors (Lipinski definition) is 2. The summed E-state index contributed by atoms with van der Waals surface area (Å²) in [5, 5.41) is 12.9. The third kappa shape index (κ3) is 7.11. The molecule has 0 radical (unpaired) electrons. The molecule has 0 unspecified atom stereocenters. The van der Waals surface area contributed by atoms with Gasteiger partial charge in [0.05, 0.1) is 5.69 Å². The van der Waals surface area contributed by atoms with E-state index in [0.717, 1.165) is 31.4 Å². The molecule has 0 spiro atoms. The van der Waals surface area contributed by atoms with Crippen LogP contribution in [0.1, 0.15) is 166 Å². The predicted molar refractivity (Wildman–Crippen MR) is 203 cm³/mol. The van der Waals surface area contributed by atoms with Crippen LogP contribution in [-0.4, -0.2) is 17.5 Å². The molecule has 2 nitrogen and oxygen atoms in total. The van der Waals surface area contributed by atoms with Gasteiger partial charge in [-0.1, -0.05) is 174 Å². The Labute approximate surface area is 281 Å². The van der Waals surface area contributed by atoms with Crippen molar-refractivity contribution >= 4 is 18.2 Å². The van der Waals surface area contributed by atoms with E-state index in [1.807, 2.05) is 0 Å². The lowest BCUT2D eigenvalue weighted by molar-refractivity contribution is 0.392. The van der Waals surface area contributed by atoms with E-state index in [-0.39, 0.29) is 0 Å². The molecule has 0 atom stereocenters. The summed E-state index contributed by atoms with van der Waals surface area (Å²) in [4.78, 5) is 5.64. The lowest BCUT2D eigenvalue weighted by Crippen LogP contribution is -2.48. The largest absolute Gasteiger partial charge is 0.600 e. The maximum atomic E-state index is 12.9. The molecule has 5 rings (SSSR count). The van der Waals surface area contributed by atoms with Crippen molar-refractivity contribution in [3.8, 4) is 22.3 Å². The molecule has 2 fully saturated rings. The molecule has 2 saturated carbocycles. The number of nitrogens with zero attached hydrogens (tertiary/aromatic N) is 1. The Balaban J connectivity index is 1.84. The maximum absolute atomic E-state index is 12.9. The second-order valence-corrected chi connectivity index (χ2v) is 16.0. The van der Waals surface area contributed by atoms with Gasteiger partial charge in [-0.15, -0.1) is 17.7 Å². The summed E-state index contributed by atoms with van der Waals surface area (Å²) in [6.45, 7) is 18.5. The highest BCUT2D eigenvalue weighted by Crippen LogP contribution is 2.50. The summed E-state index contributed by atoms with van der Waals surface area (Å²) in [5.74, 6) is 2.23. The number of rotatable bonds is 10. The fraction of sp³-hybridized carbons (Fsp3) is 0.558. The normalized spacial score (nSPS) is 17.3. The lowest BCUT2D eigenvalue weighted by Gasteiger charge is -2.49. The molecule has 3 aromatic carbocycles. The summed E-state index contributed by atoms with van der Waals surface area (Å²) < 4.78 is 0. The maximum Gasteiger partial charge on any atom is 0.157 e. The monoisotopic (exact) mass is 618 g/mol. The molecule has 3 heteroatoms. The van der Waals surface area contributed by atoms with Crippen molar-refractivity contribution in [2.75, 3.05) is 0 Å². The van der Waals surface area contributed by atoms with E-state index in [2.05, 4.69) is 116 Å². The van der Waals surface area contributed by atoms with E-state index in [9.17, 15) is 5.02 Å². The van der Waals surface area contributed by atoms with Crippen LogP contribution in [0.25, 0.3) is 22.3 Å². The van der Waals surface area contributed by atoms with Gasteiger partial charge in [0, 0.05) is 11.1 Å². The van der Waals surface area contributed by atoms with Crippen LogP contribution in [0.15, 0.2) is 59.6 Å². The molecule has 46 heavy (non-hydrogen) atoms. The Morgan fingerprint density at radius 1 is 0.543 bits per heavy atom. The first-order valence-electron chi connectivity index (χ1n) is 18.9. The van der Waals surface area contributed by atoms with Crippen molar-refractivity contribution in [1.29, 1.82) is 0 Å². The van der Waals surface area contributed by atoms with Gasteiger partial charge in [-0.2, -0.15) is 0 Å². The molecule has 0 heterocycles. The fourth-order valence-electron chi connectivity index (χ4n) is 8.97. The van der Waals surface area contributed by atoms with Gasteiger partial charge in [-0.25, -0.2) is 0 Å². The van der Waals surface area contributed by atoms with Crippen molar-refractivity contribution in [3.05, 3.63) is 76.9 Å². The second-order valence-electron chi connectivity index (χ2n) is 16.0. The van der Waals surface area contributed by atoms with Gasteiger partial charge in [0.1, 0.15) is 0 Å². The molecule has 2 aliphatic carbocycles. The van der Waals surface area contributed by atoms with E-state index in [1.165, 1.54) is 83.0 Å². The minimum Gasteiger partial charge on any atom is -0.600 e. The van der Waals surface area contributed by atoms with Crippen molar-refractivity contribution in [3.63, 3.8) is 0 Å². The first-order valence-corrected chi connectivity index (χ1v) is 18.9. The van der Waals surface area contributed by atoms with Crippen LogP contribution in [0.2, 0.25) is 11.6 Å². The van der Waals surface area contributed by atoms with Crippen LogP contribution in [0.5, 0.6) is 0 Å². The molecule has 0 amide bonds. The lowest BCUT2D eigenvalue weighted by atomic mass is 9.24. The van der Waals surface area contributed by atoms with E-state index >= 15 is 0 Å². The van der Waals surface area contributed by atoms with Gasteiger partial charge in [-0.05, 0) is 57.1 Å². The Morgan fingerprint density at radius 2 is 0.870 bits per heavy atom. The standard InChI is InChI=1S/C43H61BNO/c1-29(2)35-22-15-23-36(30(3)4)41(35)39-26-17-27-40(42-37(31(5)6)24-16-25-38(42)32(7)8)43(39)45-28-44(46,33-18-11-9-12-19-33)34-20-13-10-14-21-34/h15-17,22-34,46H,9-14,18-21H2,1-8H3/q-1. The van der Waals surface area contributed by atoms with E-state index in [0.29, 0.717) is 35.3 Å². The second kappa shape index (κ2) is 15.1. The molecule has 1 N–H and O–H groups in total. The zero-order chi connectivity index (χ0) is 33.0. The minimum atomic E-state index is -1.75. The quantitative estimate of drug-likeness (QED) is 0.178. The first kappa shape index (κ1) is 34.7. The summed E-state index contributed by atoms with van der Waals surface area (Å²) >= 11 is 0. The van der Waals surface area contributed by atoms with Gasteiger partial charge in [0.2, 0.25) is 0 Å². The molecule has 248 valence electrons. The van der Waals surface area contributed by atoms with Gasteiger partial charge < -0.3 is 5.02 Å². The SMILES string of the molecule is CC(C)c1cccc(C(C)C)c1-c1cccc(-c2c(C(C)C)cccc2C(C)C)c1N=C[B-](O)(C1CCCCC1)C1CCCCC1. The van der Waals surface area contributed by atoms with Crippen molar-refractivity contribution < 1.29 is 5.02 Å². The number of aliphatic imine (C=N–C) groups is 1. The Kier molecular flexibility index (Phi) is 11.4. The zero-order valence-corrected chi connectivity index (χ0v) is 30.3. The minimum absolute atomic E-state index is 0.347. The smallest absolute Gasteiger partial charge is 0.157 e. The van der Waals surface area contributed by atoms with Crippen LogP contribution >= 0.6 is 0 Å². The third-order valence-corrected chi connectivity index (χ3v) is 11.6. The summed E-state index contributed by atoms with van der Waals surface area (Å²) in [6.07, 6.45) is 12.4. The molecule has 2 aliphatic rings. The van der Waals surface area contributed by atoms with Crippen molar-refractivity contribution in [2.45, 2.75) is 155 Å². The Hall–Kier alpha value is -2.65. The first-order chi connectivity index (χ1) is 22.0. The fourth-order valence-corrected chi connectivity index (χ4v) is 8.97. The molecule has 3 aromatic rings. The van der Waals surface area contributed by atoms with Crippen LogP contribution in [-0.2, 0) is 0 Å². The molecule has 0 saturated heterocycles. The third-order valence-electron chi connectivity index (χ3n) is 11.6. The molecule has 0 bridgehead atoms. The summed E-state index contributed by atoms with van der Waals surface area (Å²) in [6, 6.07) is 20.6. The average Bonchev–Trinajstić information content (AvgIpc) is 3.07. The zero-order valence-electron chi connectivity index (χ0n) is 30.3. The highest BCUT2D eigenvalue weighted by atomic mass is 16.2. The highest BCUT2D eigenvalue weighted by molar-refractivity contribution is 6.98. The van der Waals surface area contributed by atoms with E-state index in [4.69, 9.17) is 4.99 Å². The Morgan fingerprint density at radius 3 is 1.20 bits per heavy atom. The van der Waals surface area contributed by atoms with Gasteiger partial charge in [0.15, 0.2) is 6.35 Å². The van der Waals surface area contributed by atoms with Crippen LogP contribution < -0.4 is 0 Å².